The molecule has 3 N–H and O–H groups in total. The molecule has 1 aliphatic rings. The van der Waals surface area contributed by atoms with Crippen LogP contribution in [0.3, 0.4) is 0 Å². The Hall–Kier alpha value is -2.16. The van der Waals surface area contributed by atoms with Gasteiger partial charge in [0.2, 0.25) is 15.9 Å². The maximum Gasteiger partial charge on any atom is 0.243 e. The number of hydrogen-bond acceptors (Lipinski definition) is 5. The monoisotopic (exact) mass is 382 g/mol. The van der Waals surface area contributed by atoms with Gasteiger partial charge in [0.25, 0.3) is 0 Å². The zero-order valence-corrected chi connectivity index (χ0v) is 15.0. The first-order chi connectivity index (χ1) is 11.5. The van der Waals surface area contributed by atoms with Crippen molar-refractivity contribution in [3.05, 3.63) is 48.7 Å². The van der Waals surface area contributed by atoms with Crippen LogP contribution < -0.4 is 11.1 Å². The molecule has 1 unspecified atom stereocenters. The van der Waals surface area contributed by atoms with Crippen LogP contribution in [0.15, 0.2) is 53.6 Å². The highest BCUT2D eigenvalue weighted by molar-refractivity contribution is 7.89. The second-order valence-corrected chi connectivity index (χ2v) is 7.44. The lowest BCUT2D eigenvalue weighted by Crippen LogP contribution is -2.43. The van der Waals surface area contributed by atoms with Crippen LogP contribution in [-0.2, 0) is 14.8 Å². The minimum absolute atomic E-state index is 0. The third kappa shape index (κ3) is 4.09. The van der Waals surface area contributed by atoms with Crippen molar-refractivity contribution < 1.29 is 13.2 Å². The Morgan fingerprint density at radius 2 is 1.92 bits per heavy atom. The van der Waals surface area contributed by atoms with Gasteiger partial charge in [0.1, 0.15) is 11.9 Å². The third-order valence-corrected chi connectivity index (χ3v) is 5.83. The van der Waals surface area contributed by atoms with Gasteiger partial charge in [0, 0.05) is 6.54 Å². The van der Waals surface area contributed by atoms with Crippen LogP contribution >= 0.6 is 12.4 Å². The first kappa shape index (κ1) is 19.2. The number of pyridine rings is 1. The summed E-state index contributed by atoms with van der Waals surface area (Å²) >= 11 is 0. The van der Waals surface area contributed by atoms with E-state index in [2.05, 4.69) is 10.3 Å². The third-order valence-electron chi connectivity index (χ3n) is 3.91. The van der Waals surface area contributed by atoms with Crippen molar-refractivity contribution in [1.82, 2.24) is 9.29 Å². The number of carbonyl (C=O) groups excluding carboxylic acids is 1. The molecule has 1 fully saturated rings. The zero-order valence-electron chi connectivity index (χ0n) is 13.3. The molecule has 1 saturated heterocycles. The van der Waals surface area contributed by atoms with Gasteiger partial charge in [-0.15, -0.1) is 12.4 Å². The predicted molar refractivity (Wildman–Crippen MR) is 97.9 cm³/mol. The van der Waals surface area contributed by atoms with Crippen LogP contribution in [0.5, 0.6) is 0 Å². The van der Waals surface area contributed by atoms with Crippen molar-refractivity contribution in [3.63, 3.8) is 0 Å². The molecule has 0 saturated carbocycles. The number of hydrogen-bond donors (Lipinski definition) is 2. The van der Waals surface area contributed by atoms with Crippen LogP contribution in [0.2, 0.25) is 0 Å². The first-order valence-electron chi connectivity index (χ1n) is 7.58. The highest BCUT2D eigenvalue weighted by Gasteiger charge is 2.39. The lowest BCUT2D eigenvalue weighted by atomic mass is 10.2. The van der Waals surface area contributed by atoms with Crippen molar-refractivity contribution in [2.75, 3.05) is 17.6 Å². The summed E-state index contributed by atoms with van der Waals surface area (Å²) < 4.78 is 26.8. The number of benzene rings is 1. The van der Waals surface area contributed by atoms with Gasteiger partial charge < -0.3 is 11.1 Å². The molecule has 25 heavy (non-hydrogen) atoms. The number of aromatic nitrogens is 1. The normalized spacial score (nSPS) is 17.7. The van der Waals surface area contributed by atoms with Gasteiger partial charge >= 0.3 is 0 Å². The maximum absolute atomic E-state index is 12.8. The maximum atomic E-state index is 12.8. The Balaban J connectivity index is 0.00000225. The zero-order chi connectivity index (χ0) is 17.2. The molecule has 2 heterocycles. The fourth-order valence-corrected chi connectivity index (χ4v) is 4.40. The first-order valence-corrected chi connectivity index (χ1v) is 9.02. The summed E-state index contributed by atoms with van der Waals surface area (Å²) in [4.78, 5) is 16.6. The van der Waals surface area contributed by atoms with Crippen molar-refractivity contribution in [2.45, 2.75) is 23.8 Å². The molecule has 1 amide bonds. The van der Waals surface area contributed by atoms with Crippen molar-refractivity contribution in [2.24, 2.45) is 0 Å². The lowest BCUT2D eigenvalue weighted by Gasteiger charge is -2.23. The minimum atomic E-state index is -3.70. The van der Waals surface area contributed by atoms with E-state index in [4.69, 9.17) is 5.73 Å². The van der Waals surface area contributed by atoms with Crippen LogP contribution in [0.25, 0.3) is 0 Å². The number of carbonyl (C=O) groups is 1. The number of nitrogens with two attached hydrogens (primary N) is 1. The second kappa shape index (κ2) is 7.81. The highest BCUT2D eigenvalue weighted by atomic mass is 35.5. The summed E-state index contributed by atoms with van der Waals surface area (Å²) in [6.07, 6.45) is 2.57. The van der Waals surface area contributed by atoms with Crippen LogP contribution in [0.4, 0.5) is 11.5 Å². The van der Waals surface area contributed by atoms with E-state index in [-0.39, 0.29) is 23.2 Å². The number of rotatable bonds is 4. The Bertz CT molecular complexity index is 828. The summed E-state index contributed by atoms with van der Waals surface area (Å²) in [5.74, 6) is -0.0132. The molecule has 7 nitrogen and oxygen atoms in total. The van der Waals surface area contributed by atoms with Gasteiger partial charge in [0.05, 0.1) is 16.8 Å². The summed E-state index contributed by atoms with van der Waals surface area (Å²) in [5, 5.41) is 2.70. The largest absolute Gasteiger partial charge is 0.384 e. The van der Waals surface area contributed by atoms with Crippen molar-refractivity contribution in [3.8, 4) is 0 Å². The molecule has 0 radical (unpaired) electrons. The minimum Gasteiger partial charge on any atom is -0.384 e. The van der Waals surface area contributed by atoms with Gasteiger partial charge in [0.15, 0.2) is 0 Å². The standard InChI is InChI=1S/C16H18N4O3S.ClH/c17-15-9-8-12(11-18-15)19-16(21)14-7-4-10-20(14)24(22,23)13-5-2-1-3-6-13;/h1-3,5-6,8-9,11,14H,4,7,10H2,(H2,17,18)(H,19,21);1H. The van der Waals surface area contributed by atoms with Gasteiger partial charge in [-0.25, -0.2) is 13.4 Å². The number of amides is 1. The highest BCUT2D eigenvalue weighted by Crippen LogP contribution is 2.26. The molecular weight excluding hydrogens is 364 g/mol. The summed E-state index contributed by atoms with van der Waals surface area (Å²) in [5.41, 5.74) is 6.00. The Morgan fingerprint density at radius 1 is 1.20 bits per heavy atom. The topological polar surface area (TPSA) is 105 Å². The van der Waals surface area contributed by atoms with E-state index in [1.54, 1.807) is 30.3 Å². The van der Waals surface area contributed by atoms with Gasteiger partial charge in [-0.1, -0.05) is 18.2 Å². The molecule has 9 heteroatoms. The molecule has 3 rings (SSSR count). The number of nitrogens with one attached hydrogen (secondary N) is 1. The number of sulfonamides is 1. The molecule has 0 bridgehead atoms. The van der Waals surface area contributed by atoms with Crippen LogP contribution in [-0.4, -0.2) is 36.2 Å². The molecule has 1 atom stereocenters. The van der Waals surface area contributed by atoms with Gasteiger partial charge in [-0.2, -0.15) is 4.31 Å². The molecule has 1 aromatic heterocycles. The van der Waals surface area contributed by atoms with E-state index in [1.165, 1.54) is 22.6 Å². The fourth-order valence-electron chi connectivity index (χ4n) is 2.72. The summed E-state index contributed by atoms with van der Waals surface area (Å²) in [7, 11) is -3.70. The van der Waals surface area contributed by atoms with Crippen LogP contribution in [0.1, 0.15) is 12.8 Å². The molecule has 0 spiro atoms. The SMILES string of the molecule is Cl.Nc1ccc(NC(=O)C2CCCN2S(=O)(=O)c2ccccc2)cn1. The molecular formula is C16H19ClN4O3S. The second-order valence-electron chi connectivity index (χ2n) is 5.55. The smallest absolute Gasteiger partial charge is 0.243 e. The Labute approximate surface area is 152 Å². The molecule has 2 aromatic rings. The quantitative estimate of drug-likeness (QED) is 0.839. The number of anilines is 2. The molecule has 1 aromatic carbocycles. The van der Waals surface area contributed by atoms with Gasteiger partial charge in [-0.05, 0) is 37.1 Å². The lowest BCUT2D eigenvalue weighted by molar-refractivity contribution is -0.119. The summed E-state index contributed by atoms with van der Waals surface area (Å²) in [6.45, 7) is 0.329. The molecule has 0 aliphatic carbocycles. The average Bonchev–Trinajstić information content (AvgIpc) is 3.08. The number of halogens is 1. The Morgan fingerprint density at radius 3 is 2.56 bits per heavy atom. The van der Waals surface area contributed by atoms with Crippen LogP contribution in [0, 0.1) is 0 Å². The predicted octanol–water partition coefficient (Wildman–Crippen LogP) is 1.88. The fraction of sp³-hybridized carbons (Fsp3) is 0.250. The van der Waals surface area contributed by atoms with Crippen molar-refractivity contribution in [1.29, 1.82) is 0 Å². The van der Waals surface area contributed by atoms with E-state index in [1.807, 2.05) is 0 Å². The van der Waals surface area contributed by atoms with E-state index in [9.17, 15) is 13.2 Å². The number of nitrogens with zero attached hydrogens (tertiary/aromatic N) is 2. The average molecular weight is 383 g/mol. The van der Waals surface area contributed by atoms with Gasteiger partial charge in [-0.3, -0.25) is 4.79 Å². The van der Waals surface area contributed by atoms with Crippen molar-refractivity contribution >= 4 is 39.8 Å². The Kier molecular flexibility index (Phi) is 5.99. The van der Waals surface area contributed by atoms with E-state index in [0.717, 1.165) is 0 Å². The molecule has 134 valence electrons. The van der Waals surface area contributed by atoms with E-state index >= 15 is 0 Å². The van der Waals surface area contributed by atoms with E-state index < -0.39 is 16.1 Å². The number of nitrogen functional groups attached to an aromatic ring is 1. The van der Waals surface area contributed by atoms with E-state index in [0.29, 0.717) is 30.9 Å². The summed E-state index contributed by atoms with van der Waals surface area (Å²) in [6, 6.07) is 10.6. The molecule has 1 aliphatic heterocycles.